The molecule has 17 heavy (non-hydrogen) atoms. The van der Waals surface area contributed by atoms with Gasteiger partial charge in [0.05, 0.1) is 5.69 Å². The number of rotatable bonds is 4. The molecule has 0 aliphatic rings. The molecular formula is C13H16N2OS. The summed E-state index contributed by atoms with van der Waals surface area (Å²) in [7, 11) is 1.81. The first-order valence-electron chi connectivity index (χ1n) is 5.71. The maximum absolute atomic E-state index is 12.1. The normalized spacial score (nSPS) is 10.8. The monoisotopic (exact) mass is 248 g/mol. The van der Waals surface area contributed by atoms with E-state index < -0.39 is 0 Å². The van der Waals surface area contributed by atoms with Crippen LogP contribution in [0.1, 0.15) is 32.9 Å². The summed E-state index contributed by atoms with van der Waals surface area (Å²) in [6.45, 7) is 4.03. The zero-order chi connectivity index (χ0) is 12.4. The van der Waals surface area contributed by atoms with Crippen LogP contribution >= 0.6 is 11.3 Å². The van der Waals surface area contributed by atoms with Crippen LogP contribution < -0.4 is 0 Å². The minimum absolute atomic E-state index is 0.137. The van der Waals surface area contributed by atoms with E-state index in [4.69, 9.17) is 0 Å². The smallest absolute Gasteiger partial charge is 0.186 e. The predicted octanol–water partition coefficient (Wildman–Crippen LogP) is 2.78. The van der Waals surface area contributed by atoms with Crippen LogP contribution in [-0.2, 0) is 19.9 Å². The molecule has 2 aromatic rings. The van der Waals surface area contributed by atoms with Gasteiger partial charge in [-0.05, 0) is 31.5 Å². The minimum Gasteiger partial charge on any atom is -0.292 e. The van der Waals surface area contributed by atoms with Crippen LogP contribution in [-0.4, -0.2) is 15.6 Å². The maximum Gasteiger partial charge on any atom is 0.186 e. The van der Waals surface area contributed by atoms with E-state index in [9.17, 15) is 4.79 Å². The van der Waals surface area contributed by atoms with E-state index in [-0.39, 0.29) is 5.78 Å². The Morgan fingerprint density at radius 1 is 1.41 bits per heavy atom. The SMILES string of the molecule is CCc1ccc(CC(=O)c2cc(C)nn2C)s1. The number of hydrogen-bond acceptors (Lipinski definition) is 3. The fraction of sp³-hybridized carbons (Fsp3) is 0.385. The Bertz CT molecular complexity index is 539. The molecule has 3 nitrogen and oxygen atoms in total. The van der Waals surface area contributed by atoms with Crippen LogP contribution in [0.15, 0.2) is 18.2 Å². The van der Waals surface area contributed by atoms with Crippen molar-refractivity contribution in [1.29, 1.82) is 0 Å². The van der Waals surface area contributed by atoms with E-state index in [1.54, 1.807) is 16.0 Å². The lowest BCUT2D eigenvalue weighted by Gasteiger charge is -1.99. The van der Waals surface area contributed by atoms with Crippen LogP contribution in [0.2, 0.25) is 0 Å². The average molecular weight is 248 g/mol. The number of carbonyl (C=O) groups excluding carboxylic acids is 1. The van der Waals surface area contributed by atoms with E-state index >= 15 is 0 Å². The summed E-state index contributed by atoms with van der Waals surface area (Å²) in [4.78, 5) is 14.5. The van der Waals surface area contributed by atoms with Crippen LogP contribution in [0.3, 0.4) is 0 Å². The first-order valence-corrected chi connectivity index (χ1v) is 6.53. The highest BCUT2D eigenvalue weighted by molar-refractivity contribution is 7.12. The van der Waals surface area contributed by atoms with Gasteiger partial charge in [0.15, 0.2) is 5.78 Å². The Hall–Kier alpha value is -1.42. The van der Waals surface area contributed by atoms with Gasteiger partial charge in [-0.2, -0.15) is 5.10 Å². The van der Waals surface area contributed by atoms with Gasteiger partial charge in [-0.3, -0.25) is 9.48 Å². The van der Waals surface area contributed by atoms with Crippen LogP contribution in [0, 0.1) is 6.92 Å². The Kier molecular flexibility index (Phi) is 3.43. The van der Waals surface area contributed by atoms with Crippen molar-refractivity contribution in [2.24, 2.45) is 7.05 Å². The number of nitrogens with zero attached hydrogens (tertiary/aromatic N) is 2. The van der Waals surface area contributed by atoms with Gasteiger partial charge in [0, 0.05) is 23.2 Å². The zero-order valence-electron chi connectivity index (χ0n) is 10.4. The molecule has 2 heterocycles. The molecule has 0 atom stereocenters. The minimum atomic E-state index is 0.137. The Labute approximate surface area is 105 Å². The van der Waals surface area contributed by atoms with Crippen molar-refractivity contribution in [1.82, 2.24) is 9.78 Å². The van der Waals surface area contributed by atoms with Crippen LogP contribution in [0.4, 0.5) is 0 Å². The third-order valence-electron chi connectivity index (χ3n) is 2.69. The fourth-order valence-electron chi connectivity index (χ4n) is 1.83. The van der Waals surface area contributed by atoms with Crippen molar-refractivity contribution >= 4 is 17.1 Å². The lowest BCUT2D eigenvalue weighted by Crippen LogP contribution is -2.08. The van der Waals surface area contributed by atoms with Gasteiger partial charge >= 0.3 is 0 Å². The summed E-state index contributed by atoms with van der Waals surface area (Å²) in [5.74, 6) is 0.137. The Balaban J connectivity index is 2.14. The van der Waals surface area contributed by atoms with Gasteiger partial charge in [0.1, 0.15) is 5.69 Å². The van der Waals surface area contributed by atoms with E-state index in [0.29, 0.717) is 12.1 Å². The summed E-state index contributed by atoms with van der Waals surface area (Å²) in [5, 5.41) is 4.19. The lowest BCUT2D eigenvalue weighted by molar-refractivity contribution is 0.0985. The molecule has 0 N–H and O–H groups in total. The molecule has 2 rings (SSSR count). The van der Waals surface area contributed by atoms with E-state index in [2.05, 4.69) is 18.1 Å². The van der Waals surface area contributed by atoms with Crippen molar-refractivity contribution in [2.75, 3.05) is 0 Å². The summed E-state index contributed by atoms with van der Waals surface area (Å²) in [6.07, 6.45) is 1.51. The predicted molar refractivity (Wildman–Crippen MR) is 69.7 cm³/mol. The molecule has 4 heteroatoms. The van der Waals surface area contributed by atoms with Gasteiger partial charge in [0.25, 0.3) is 0 Å². The van der Waals surface area contributed by atoms with Gasteiger partial charge in [-0.15, -0.1) is 11.3 Å². The summed E-state index contributed by atoms with van der Waals surface area (Å²) in [5.41, 5.74) is 1.57. The topological polar surface area (TPSA) is 34.9 Å². The largest absolute Gasteiger partial charge is 0.292 e. The van der Waals surface area contributed by atoms with Crippen LogP contribution in [0.25, 0.3) is 0 Å². The van der Waals surface area contributed by atoms with E-state index in [1.165, 1.54) is 4.88 Å². The highest BCUT2D eigenvalue weighted by Crippen LogP contribution is 2.19. The third-order valence-corrected chi connectivity index (χ3v) is 3.92. The van der Waals surface area contributed by atoms with Gasteiger partial charge in [-0.1, -0.05) is 6.92 Å². The Morgan fingerprint density at radius 3 is 2.65 bits per heavy atom. The highest BCUT2D eigenvalue weighted by Gasteiger charge is 2.13. The molecule has 0 unspecified atom stereocenters. The zero-order valence-corrected chi connectivity index (χ0v) is 11.2. The molecule has 0 spiro atoms. The number of ketones is 1. The molecule has 0 aromatic carbocycles. The molecule has 0 fully saturated rings. The van der Waals surface area contributed by atoms with Crippen molar-refractivity contribution in [3.8, 4) is 0 Å². The highest BCUT2D eigenvalue weighted by atomic mass is 32.1. The third kappa shape index (κ3) is 2.64. The summed E-state index contributed by atoms with van der Waals surface area (Å²) < 4.78 is 1.66. The molecule has 0 aliphatic heterocycles. The second-order valence-electron chi connectivity index (χ2n) is 4.12. The number of aromatic nitrogens is 2. The standard InChI is InChI=1S/C13H16N2OS/c1-4-10-5-6-11(17-10)8-13(16)12-7-9(2)14-15(12)3/h5-7H,4,8H2,1-3H3. The molecule has 90 valence electrons. The Morgan fingerprint density at radius 2 is 2.12 bits per heavy atom. The number of hydrogen-bond donors (Lipinski definition) is 0. The number of aryl methyl sites for hydroxylation is 3. The molecule has 0 radical (unpaired) electrons. The molecular weight excluding hydrogens is 232 g/mol. The first kappa shape index (κ1) is 12.0. The number of Topliss-reactive ketones (excluding diaryl/α,β-unsaturated/α-hetero) is 1. The van der Waals surface area contributed by atoms with Gasteiger partial charge in [-0.25, -0.2) is 0 Å². The molecule has 2 aromatic heterocycles. The lowest BCUT2D eigenvalue weighted by atomic mass is 10.2. The first-order chi connectivity index (χ1) is 8.10. The fourth-order valence-corrected chi connectivity index (χ4v) is 2.78. The summed E-state index contributed by atoms with van der Waals surface area (Å²) >= 11 is 1.72. The van der Waals surface area contributed by atoms with Crippen molar-refractivity contribution in [3.05, 3.63) is 39.3 Å². The molecule has 0 aliphatic carbocycles. The summed E-state index contributed by atoms with van der Waals surface area (Å²) in [6, 6.07) is 5.99. The van der Waals surface area contributed by atoms with E-state index in [1.807, 2.05) is 26.1 Å². The maximum atomic E-state index is 12.1. The van der Waals surface area contributed by atoms with Crippen molar-refractivity contribution in [2.45, 2.75) is 26.7 Å². The quantitative estimate of drug-likeness (QED) is 0.780. The van der Waals surface area contributed by atoms with Crippen molar-refractivity contribution < 1.29 is 4.79 Å². The average Bonchev–Trinajstić information content (AvgIpc) is 2.85. The molecule has 0 saturated carbocycles. The molecule has 0 saturated heterocycles. The second-order valence-corrected chi connectivity index (χ2v) is 5.37. The van der Waals surface area contributed by atoms with Gasteiger partial charge < -0.3 is 0 Å². The molecule has 0 amide bonds. The van der Waals surface area contributed by atoms with E-state index in [0.717, 1.165) is 17.0 Å². The van der Waals surface area contributed by atoms with Gasteiger partial charge in [0.2, 0.25) is 0 Å². The van der Waals surface area contributed by atoms with Crippen LogP contribution in [0.5, 0.6) is 0 Å². The number of thiophene rings is 1. The van der Waals surface area contributed by atoms with Crippen molar-refractivity contribution in [3.63, 3.8) is 0 Å². The molecule has 0 bridgehead atoms. The second kappa shape index (κ2) is 4.84. The number of carbonyl (C=O) groups is 1.